The van der Waals surface area contributed by atoms with Crippen molar-refractivity contribution in [2.75, 3.05) is 6.54 Å². The molecule has 2 aliphatic carbocycles. The van der Waals surface area contributed by atoms with Gasteiger partial charge in [0.15, 0.2) is 0 Å². The van der Waals surface area contributed by atoms with E-state index in [1.807, 2.05) is 19.9 Å². The molecule has 2 aromatic carbocycles. The Bertz CT molecular complexity index is 1210. The van der Waals surface area contributed by atoms with E-state index in [4.69, 9.17) is 10.2 Å². The molecule has 5 nitrogen and oxygen atoms in total. The number of aliphatic hydroxyl groups is 1. The second kappa shape index (κ2) is 8.59. The minimum atomic E-state index is -0.967. The zero-order chi connectivity index (χ0) is 23.2. The Hall–Kier alpha value is -2.68. The third-order valence-corrected chi connectivity index (χ3v) is 7.50. The summed E-state index contributed by atoms with van der Waals surface area (Å²) < 4.78 is 2.31. The maximum atomic E-state index is 10.8. The monoisotopic (exact) mass is 442 g/mol. The van der Waals surface area contributed by atoms with Crippen molar-refractivity contribution in [2.24, 2.45) is 5.92 Å². The van der Waals surface area contributed by atoms with Crippen LogP contribution in [0, 0.1) is 24.2 Å². The molecule has 0 bridgehead atoms. The largest absolute Gasteiger partial charge is 0.383 e. The summed E-state index contributed by atoms with van der Waals surface area (Å²) in [5.74, 6) is 1.40. The summed E-state index contributed by atoms with van der Waals surface area (Å²) >= 11 is 0. The van der Waals surface area contributed by atoms with E-state index in [1.54, 1.807) is 0 Å². The van der Waals surface area contributed by atoms with E-state index in [0.29, 0.717) is 18.0 Å². The lowest BCUT2D eigenvalue weighted by atomic mass is 9.90. The summed E-state index contributed by atoms with van der Waals surface area (Å²) in [7, 11) is 0. The van der Waals surface area contributed by atoms with Crippen molar-refractivity contribution in [2.45, 2.75) is 77.0 Å². The SMILES string of the molecule is Cc1ccc2c(c1)nc(C(C)(C)O)n2[C@H]1CC[C@H](NC[C@H]2Cc3ccc(C#N)cc3C2)CC1. The second-order valence-electron chi connectivity index (χ2n) is 10.6. The Morgan fingerprint density at radius 3 is 2.58 bits per heavy atom. The Balaban J connectivity index is 1.22. The molecule has 0 radical (unpaired) electrons. The fraction of sp³-hybridized carbons (Fsp3) is 0.500. The maximum absolute atomic E-state index is 10.8. The van der Waals surface area contributed by atoms with Crippen molar-refractivity contribution >= 4 is 11.0 Å². The fourth-order valence-electron chi connectivity index (χ4n) is 5.80. The summed E-state index contributed by atoms with van der Waals surface area (Å²) in [4.78, 5) is 4.84. The van der Waals surface area contributed by atoms with Gasteiger partial charge in [-0.1, -0.05) is 12.1 Å². The number of hydrogen-bond donors (Lipinski definition) is 2. The first-order chi connectivity index (χ1) is 15.8. The summed E-state index contributed by atoms with van der Waals surface area (Å²) in [5.41, 5.74) is 5.87. The average molecular weight is 443 g/mol. The van der Waals surface area contributed by atoms with Crippen molar-refractivity contribution in [1.82, 2.24) is 14.9 Å². The number of nitrogens with one attached hydrogen (secondary N) is 1. The van der Waals surface area contributed by atoms with Crippen LogP contribution in [0.4, 0.5) is 0 Å². The van der Waals surface area contributed by atoms with E-state index in [9.17, 15) is 5.11 Å². The van der Waals surface area contributed by atoms with E-state index in [2.05, 4.69) is 53.2 Å². The number of nitriles is 1. The van der Waals surface area contributed by atoms with Gasteiger partial charge >= 0.3 is 0 Å². The Kier molecular flexibility index (Phi) is 5.76. The van der Waals surface area contributed by atoms with Crippen molar-refractivity contribution in [1.29, 1.82) is 5.26 Å². The first kappa shape index (κ1) is 22.1. The number of imidazole rings is 1. The molecule has 172 valence electrons. The molecule has 1 saturated carbocycles. The Labute approximate surface area is 196 Å². The highest BCUT2D eigenvalue weighted by molar-refractivity contribution is 5.77. The lowest BCUT2D eigenvalue weighted by Gasteiger charge is -2.33. The number of hydrogen-bond acceptors (Lipinski definition) is 4. The number of nitrogens with zero attached hydrogens (tertiary/aromatic N) is 3. The molecule has 0 unspecified atom stereocenters. The second-order valence-corrected chi connectivity index (χ2v) is 10.6. The van der Waals surface area contributed by atoms with Crippen molar-refractivity contribution in [3.8, 4) is 6.07 Å². The van der Waals surface area contributed by atoms with Gasteiger partial charge in [0.2, 0.25) is 0 Å². The van der Waals surface area contributed by atoms with Crippen LogP contribution in [0.5, 0.6) is 0 Å². The highest BCUT2D eigenvalue weighted by atomic mass is 16.3. The maximum Gasteiger partial charge on any atom is 0.141 e. The third-order valence-electron chi connectivity index (χ3n) is 7.50. The molecular formula is C28H34N4O. The molecule has 5 heteroatoms. The lowest BCUT2D eigenvalue weighted by Crippen LogP contribution is -2.37. The molecule has 5 rings (SSSR count). The molecule has 1 heterocycles. The fourth-order valence-corrected chi connectivity index (χ4v) is 5.80. The highest BCUT2D eigenvalue weighted by Crippen LogP contribution is 2.36. The van der Waals surface area contributed by atoms with Crippen LogP contribution in [0.3, 0.4) is 0 Å². The van der Waals surface area contributed by atoms with Crippen molar-refractivity contribution < 1.29 is 5.11 Å². The van der Waals surface area contributed by atoms with E-state index in [0.717, 1.165) is 67.5 Å². The van der Waals surface area contributed by atoms with Gasteiger partial charge < -0.3 is 15.0 Å². The molecule has 1 fully saturated rings. The minimum absolute atomic E-state index is 0.373. The first-order valence-electron chi connectivity index (χ1n) is 12.3. The quantitative estimate of drug-likeness (QED) is 0.587. The van der Waals surface area contributed by atoms with E-state index in [-0.39, 0.29) is 0 Å². The molecule has 0 aliphatic heterocycles. The van der Waals surface area contributed by atoms with Crippen molar-refractivity contribution in [3.63, 3.8) is 0 Å². The molecule has 33 heavy (non-hydrogen) atoms. The number of aryl methyl sites for hydroxylation is 1. The molecule has 1 atom stereocenters. The van der Waals surface area contributed by atoms with Gasteiger partial charge in [0.05, 0.1) is 22.7 Å². The summed E-state index contributed by atoms with van der Waals surface area (Å²) in [6.45, 7) is 6.80. The van der Waals surface area contributed by atoms with Crippen LogP contribution >= 0.6 is 0 Å². The van der Waals surface area contributed by atoms with Gasteiger partial charge in [-0.05, 0) is 113 Å². The van der Waals surface area contributed by atoms with E-state index >= 15 is 0 Å². The zero-order valence-corrected chi connectivity index (χ0v) is 19.9. The minimum Gasteiger partial charge on any atom is -0.383 e. The van der Waals surface area contributed by atoms with Gasteiger partial charge in [-0.3, -0.25) is 0 Å². The van der Waals surface area contributed by atoms with Gasteiger partial charge in [0.1, 0.15) is 11.4 Å². The first-order valence-corrected chi connectivity index (χ1v) is 12.3. The highest BCUT2D eigenvalue weighted by Gasteiger charge is 2.31. The molecule has 1 aromatic heterocycles. The van der Waals surface area contributed by atoms with Gasteiger partial charge in [0, 0.05) is 12.1 Å². The van der Waals surface area contributed by atoms with Gasteiger partial charge in [-0.2, -0.15) is 5.26 Å². The topological polar surface area (TPSA) is 73.9 Å². The summed E-state index contributed by atoms with van der Waals surface area (Å²) in [6.07, 6.45) is 6.65. The zero-order valence-electron chi connectivity index (χ0n) is 19.9. The van der Waals surface area contributed by atoms with Crippen LogP contribution in [0.1, 0.15) is 73.7 Å². The molecule has 3 aromatic rings. The van der Waals surface area contributed by atoms with E-state index < -0.39 is 5.60 Å². The Morgan fingerprint density at radius 2 is 1.85 bits per heavy atom. The standard InChI is InChI=1S/C28H34N4O/c1-18-4-11-26-25(12-18)31-27(28(2,3)33)32(26)24-9-7-23(8-10-24)30-17-20-14-21-6-5-19(16-29)13-22(21)15-20/h4-6,11-13,20,23-24,30,33H,7-10,14-15,17H2,1-3H3/t20-,23-,24-/m0/s1. The number of benzene rings is 2. The predicted octanol–water partition coefficient (Wildman–Crippen LogP) is 4.93. The lowest BCUT2D eigenvalue weighted by molar-refractivity contribution is 0.0620. The molecule has 0 saturated heterocycles. The number of rotatable bonds is 5. The Morgan fingerprint density at radius 1 is 1.09 bits per heavy atom. The smallest absolute Gasteiger partial charge is 0.141 e. The third kappa shape index (κ3) is 4.43. The average Bonchev–Trinajstić information content (AvgIpc) is 3.38. The van der Waals surface area contributed by atoms with Crippen LogP contribution in [0.15, 0.2) is 36.4 Å². The molecule has 0 spiro atoms. The van der Waals surface area contributed by atoms with E-state index in [1.165, 1.54) is 16.7 Å². The van der Waals surface area contributed by atoms with Gasteiger partial charge in [-0.15, -0.1) is 0 Å². The normalized spacial score (nSPS) is 22.9. The van der Waals surface area contributed by atoms with Crippen LogP contribution in [0.2, 0.25) is 0 Å². The van der Waals surface area contributed by atoms with Crippen LogP contribution in [-0.2, 0) is 18.4 Å². The number of aromatic nitrogens is 2. The van der Waals surface area contributed by atoms with Crippen molar-refractivity contribution in [3.05, 3.63) is 64.5 Å². The molecule has 2 N–H and O–H groups in total. The van der Waals surface area contributed by atoms with Gasteiger partial charge in [-0.25, -0.2) is 4.98 Å². The summed E-state index contributed by atoms with van der Waals surface area (Å²) in [5, 5.41) is 23.8. The summed E-state index contributed by atoms with van der Waals surface area (Å²) in [6, 6.07) is 15.7. The molecule has 2 aliphatic rings. The molecule has 0 amide bonds. The number of fused-ring (bicyclic) bond motifs is 2. The van der Waals surface area contributed by atoms with Crippen LogP contribution < -0.4 is 5.32 Å². The predicted molar refractivity (Wildman–Crippen MR) is 131 cm³/mol. The van der Waals surface area contributed by atoms with Crippen LogP contribution in [-0.4, -0.2) is 27.2 Å². The van der Waals surface area contributed by atoms with Crippen LogP contribution in [0.25, 0.3) is 11.0 Å². The molecular weight excluding hydrogens is 408 g/mol. The van der Waals surface area contributed by atoms with Gasteiger partial charge in [0.25, 0.3) is 0 Å².